The topological polar surface area (TPSA) is 231 Å². The monoisotopic (exact) mass is 673 g/mol. The van der Waals surface area contributed by atoms with Gasteiger partial charge in [0.2, 0.25) is 11.6 Å². The molecule has 15 nitrogen and oxygen atoms in total. The molecule has 5 rings (SSSR count). The highest BCUT2D eigenvalue weighted by molar-refractivity contribution is 6.31. The van der Waals surface area contributed by atoms with Crippen LogP contribution < -0.4 is 10.5 Å². The first kappa shape index (κ1) is 35.3. The Morgan fingerprint density at radius 2 is 1.73 bits per heavy atom. The molecule has 1 heterocycles. The summed E-state index contributed by atoms with van der Waals surface area (Å²) < 4.78 is 32.7. The quantitative estimate of drug-likeness (QED) is 0.108. The van der Waals surface area contributed by atoms with E-state index in [1.165, 1.54) is 25.3 Å². The Labute approximate surface area is 275 Å². The molecule has 0 aromatic heterocycles. The lowest BCUT2D eigenvalue weighted by molar-refractivity contribution is -0.247. The average Bonchev–Trinajstić information content (AvgIpc) is 3.05. The molecule has 1 saturated heterocycles. The van der Waals surface area contributed by atoms with Crippen molar-refractivity contribution < 1.29 is 68.0 Å². The summed E-state index contributed by atoms with van der Waals surface area (Å²) in [6.07, 6.45) is -7.01. The number of fused-ring (bicyclic) bond motifs is 3. The highest BCUT2D eigenvalue weighted by Gasteiger charge is 2.50. The molecule has 0 bridgehead atoms. The van der Waals surface area contributed by atoms with Gasteiger partial charge in [0.15, 0.2) is 18.7 Å². The molecule has 2 aromatic rings. The Morgan fingerprint density at radius 3 is 2.35 bits per heavy atom. The Bertz CT molecular complexity index is 1610. The Kier molecular flexibility index (Phi) is 10.2. The fourth-order valence-electron chi connectivity index (χ4n) is 6.43. The summed E-state index contributed by atoms with van der Waals surface area (Å²) in [5.74, 6) is -5.00. The number of carbonyl (C=O) groups is 4. The van der Waals surface area contributed by atoms with E-state index in [2.05, 4.69) is 0 Å². The summed E-state index contributed by atoms with van der Waals surface area (Å²) in [5.41, 5.74) is 2.06. The molecule has 3 aliphatic rings. The summed E-state index contributed by atoms with van der Waals surface area (Å²) >= 11 is 0. The van der Waals surface area contributed by atoms with Gasteiger partial charge in [-0.15, -0.1) is 0 Å². The van der Waals surface area contributed by atoms with Crippen molar-refractivity contribution in [2.45, 2.75) is 82.6 Å². The van der Waals surface area contributed by atoms with Crippen molar-refractivity contribution in [1.82, 2.24) is 0 Å². The van der Waals surface area contributed by atoms with Crippen molar-refractivity contribution >= 4 is 23.3 Å². The van der Waals surface area contributed by atoms with Crippen LogP contribution in [0.15, 0.2) is 18.2 Å². The van der Waals surface area contributed by atoms with Gasteiger partial charge < -0.3 is 54.6 Å². The number of ketones is 3. The summed E-state index contributed by atoms with van der Waals surface area (Å²) in [7, 11) is 1.31. The second-order valence-corrected chi connectivity index (χ2v) is 11.9. The lowest BCUT2D eigenvalue weighted by Crippen LogP contribution is -2.53. The molecule has 1 aliphatic heterocycles. The molecule has 6 atom stereocenters. The summed E-state index contributed by atoms with van der Waals surface area (Å²) in [6, 6.07) is 3.55. The van der Waals surface area contributed by atoms with Crippen LogP contribution in [0.25, 0.3) is 0 Å². The number of rotatable bonds is 11. The normalized spacial score (nSPS) is 26.5. The molecule has 6 N–H and O–H groups in total. The lowest BCUT2D eigenvalue weighted by atomic mass is 9.72. The number of aliphatic hydroxyl groups excluding tert-OH is 1. The van der Waals surface area contributed by atoms with E-state index in [-0.39, 0.29) is 47.6 Å². The molecule has 4 unspecified atom stereocenters. The number of aliphatic hydroxyl groups is 2. The third-order valence-electron chi connectivity index (χ3n) is 8.84. The maximum Gasteiger partial charge on any atom is 0.363 e. The minimum atomic E-state index is -2.38. The number of hydrogen-bond acceptors (Lipinski definition) is 15. The van der Waals surface area contributed by atoms with E-state index in [0.29, 0.717) is 0 Å². The molecule has 1 fully saturated rings. The molecule has 0 amide bonds. The Hall–Kier alpha value is -3.96. The third kappa shape index (κ3) is 6.18. The van der Waals surface area contributed by atoms with Crippen LogP contribution in [0.2, 0.25) is 0 Å². The highest BCUT2D eigenvalue weighted by Crippen LogP contribution is 2.52. The summed E-state index contributed by atoms with van der Waals surface area (Å²) in [6.45, 7) is 4.12. The second-order valence-electron chi connectivity index (χ2n) is 11.9. The first-order chi connectivity index (χ1) is 22.8. The first-order valence-corrected chi connectivity index (χ1v) is 15.5. The number of hydrogen-bond donors (Lipinski definition) is 5. The SMILES string of the molecule is CCOC(OCC)C(=O)OCC(=O)[C@]1(O)Cc2c(O)c3c(c(O)c2[C@@H](OC2CC(N)C(O)C(C)O2)C1)C(=O)c1c(OC)cccc1C3=O. The van der Waals surface area contributed by atoms with Gasteiger partial charge in [-0.3, -0.25) is 14.4 Å². The number of nitrogens with two attached hydrogens (primary N) is 1. The molecule has 0 spiro atoms. The molecular formula is C33H39NO14. The number of benzene rings is 2. The lowest BCUT2D eigenvalue weighted by Gasteiger charge is -2.42. The Balaban J connectivity index is 1.57. The molecule has 48 heavy (non-hydrogen) atoms. The number of phenolic OH excluding ortho intramolecular Hbond substituents is 2. The van der Waals surface area contributed by atoms with Crippen LogP contribution >= 0.6 is 0 Å². The predicted octanol–water partition coefficient (Wildman–Crippen LogP) is 0.951. The molecule has 0 radical (unpaired) electrons. The van der Waals surface area contributed by atoms with Crippen molar-refractivity contribution in [3.8, 4) is 17.2 Å². The number of aromatic hydroxyl groups is 2. The van der Waals surface area contributed by atoms with Crippen LogP contribution in [0.3, 0.4) is 0 Å². The van der Waals surface area contributed by atoms with Gasteiger partial charge in [0.05, 0.1) is 42.1 Å². The molecule has 0 saturated carbocycles. The van der Waals surface area contributed by atoms with Gasteiger partial charge >= 0.3 is 5.97 Å². The fraction of sp³-hybridized carbons (Fsp3) is 0.515. The van der Waals surface area contributed by atoms with Crippen molar-refractivity contribution in [3.05, 3.63) is 51.6 Å². The van der Waals surface area contributed by atoms with E-state index < -0.39 is 108 Å². The van der Waals surface area contributed by atoms with Crippen LogP contribution in [0, 0.1) is 0 Å². The van der Waals surface area contributed by atoms with Crippen LogP contribution in [-0.2, 0) is 39.7 Å². The van der Waals surface area contributed by atoms with Crippen molar-refractivity contribution in [2.75, 3.05) is 26.9 Å². The van der Waals surface area contributed by atoms with Crippen LogP contribution in [0.1, 0.15) is 82.7 Å². The number of Topliss-reactive ketones (excluding diaryl/α,β-unsaturated/α-hetero) is 1. The largest absolute Gasteiger partial charge is 0.507 e. The van der Waals surface area contributed by atoms with E-state index >= 15 is 0 Å². The van der Waals surface area contributed by atoms with Gasteiger partial charge in [0, 0.05) is 55.2 Å². The number of ether oxygens (including phenoxy) is 6. The third-order valence-corrected chi connectivity index (χ3v) is 8.84. The number of phenols is 2. The Morgan fingerprint density at radius 1 is 1.06 bits per heavy atom. The zero-order valence-corrected chi connectivity index (χ0v) is 26.9. The second kappa shape index (κ2) is 13.9. The van der Waals surface area contributed by atoms with Crippen LogP contribution in [0.5, 0.6) is 17.2 Å². The summed E-state index contributed by atoms with van der Waals surface area (Å²) in [5, 5.41) is 45.4. The van der Waals surface area contributed by atoms with Gasteiger partial charge in [-0.1, -0.05) is 12.1 Å². The van der Waals surface area contributed by atoms with E-state index in [4.69, 9.17) is 34.2 Å². The maximum atomic E-state index is 13.9. The molecule has 15 heteroatoms. The standard InChI is InChI=1S/C33H39NO14/c1-5-44-32(45-6-2)31(41)46-13-20(35)33(42)11-16-23(19(12-33)48-21-10-17(34)26(36)14(3)47-21)30(40)25-24(28(16)38)27(37)15-8-7-9-18(43-4)22(15)29(25)39/h7-9,14,17,19,21,26,32,36,38,40,42H,5-6,10-13,34H2,1-4H3/t14?,17?,19-,21?,26?,33-/m0/s1. The van der Waals surface area contributed by atoms with Crippen LogP contribution in [0.4, 0.5) is 0 Å². The van der Waals surface area contributed by atoms with Crippen molar-refractivity contribution in [1.29, 1.82) is 0 Å². The summed E-state index contributed by atoms with van der Waals surface area (Å²) in [4.78, 5) is 53.7. The fourth-order valence-corrected chi connectivity index (χ4v) is 6.43. The predicted molar refractivity (Wildman–Crippen MR) is 163 cm³/mol. The zero-order valence-electron chi connectivity index (χ0n) is 26.9. The van der Waals surface area contributed by atoms with E-state index in [9.17, 15) is 39.6 Å². The van der Waals surface area contributed by atoms with Crippen molar-refractivity contribution in [2.24, 2.45) is 5.73 Å². The molecule has 260 valence electrons. The maximum absolute atomic E-state index is 13.9. The van der Waals surface area contributed by atoms with E-state index in [0.717, 1.165) is 0 Å². The minimum Gasteiger partial charge on any atom is -0.507 e. The van der Waals surface area contributed by atoms with Gasteiger partial charge in [-0.25, -0.2) is 4.79 Å². The molecular weight excluding hydrogens is 634 g/mol. The number of carbonyl (C=O) groups excluding carboxylic acids is 4. The minimum absolute atomic E-state index is 0.0305. The van der Waals surface area contributed by atoms with Crippen molar-refractivity contribution in [3.63, 3.8) is 0 Å². The van der Waals surface area contributed by atoms with Gasteiger partial charge in [-0.2, -0.15) is 0 Å². The van der Waals surface area contributed by atoms with Gasteiger partial charge in [0.1, 0.15) is 22.8 Å². The van der Waals surface area contributed by atoms with Gasteiger partial charge in [0.25, 0.3) is 6.29 Å². The first-order valence-electron chi connectivity index (χ1n) is 15.5. The van der Waals surface area contributed by atoms with Crippen LogP contribution in [-0.4, -0.2) is 107 Å². The molecule has 2 aliphatic carbocycles. The smallest absolute Gasteiger partial charge is 0.363 e. The van der Waals surface area contributed by atoms with Gasteiger partial charge in [-0.05, 0) is 26.8 Å². The zero-order chi connectivity index (χ0) is 35.1. The molecule has 2 aromatic carbocycles. The highest BCUT2D eigenvalue weighted by atomic mass is 16.7. The average molecular weight is 674 g/mol. The number of esters is 1. The number of methoxy groups -OCH3 is 1. The van der Waals surface area contributed by atoms with E-state index in [1.54, 1.807) is 20.8 Å². The van der Waals surface area contributed by atoms with E-state index in [1.807, 2.05) is 0 Å².